The Balaban J connectivity index is 1.34. The Hall–Kier alpha value is -2.99. The molecule has 1 saturated heterocycles. The Morgan fingerprint density at radius 1 is 0.966 bits per heavy atom. The SMILES string of the molecule is O=C(Cc1cccc(Cl)c1)N1CCN(c2ccc(-c3ccc(F)cc3)nn2)CC1. The van der Waals surface area contributed by atoms with E-state index in [1.165, 1.54) is 12.1 Å². The zero-order valence-corrected chi connectivity index (χ0v) is 16.5. The molecule has 4 rings (SSSR count). The van der Waals surface area contributed by atoms with Crippen molar-refractivity contribution in [2.75, 3.05) is 31.1 Å². The van der Waals surface area contributed by atoms with Crippen molar-refractivity contribution < 1.29 is 9.18 Å². The van der Waals surface area contributed by atoms with E-state index >= 15 is 0 Å². The third kappa shape index (κ3) is 4.71. The van der Waals surface area contributed by atoms with Crippen molar-refractivity contribution in [1.29, 1.82) is 0 Å². The molecule has 0 aliphatic carbocycles. The van der Waals surface area contributed by atoms with Gasteiger partial charge < -0.3 is 9.80 Å². The van der Waals surface area contributed by atoms with Crippen molar-refractivity contribution in [3.63, 3.8) is 0 Å². The molecule has 1 amide bonds. The second kappa shape index (κ2) is 8.57. The summed E-state index contributed by atoms with van der Waals surface area (Å²) in [7, 11) is 0. The van der Waals surface area contributed by atoms with Crippen LogP contribution in [0.2, 0.25) is 5.02 Å². The van der Waals surface area contributed by atoms with Crippen LogP contribution in [0, 0.1) is 5.82 Å². The van der Waals surface area contributed by atoms with Crippen LogP contribution in [0.3, 0.4) is 0 Å². The number of aromatic nitrogens is 2. The lowest BCUT2D eigenvalue weighted by molar-refractivity contribution is -0.130. The van der Waals surface area contributed by atoms with Crippen LogP contribution < -0.4 is 4.90 Å². The van der Waals surface area contributed by atoms with Gasteiger partial charge >= 0.3 is 0 Å². The van der Waals surface area contributed by atoms with E-state index < -0.39 is 0 Å². The fraction of sp³-hybridized carbons (Fsp3) is 0.227. The minimum atomic E-state index is -0.277. The predicted molar refractivity (Wildman–Crippen MR) is 111 cm³/mol. The highest BCUT2D eigenvalue weighted by Gasteiger charge is 2.22. The number of amides is 1. The molecule has 0 saturated carbocycles. The molecular formula is C22H20ClFN4O. The Morgan fingerprint density at radius 2 is 1.72 bits per heavy atom. The number of hydrogen-bond acceptors (Lipinski definition) is 4. The average Bonchev–Trinajstić information content (AvgIpc) is 2.75. The van der Waals surface area contributed by atoms with E-state index in [-0.39, 0.29) is 11.7 Å². The topological polar surface area (TPSA) is 49.3 Å². The van der Waals surface area contributed by atoms with E-state index in [1.54, 1.807) is 18.2 Å². The lowest BCUT2D eigenvalue weighted by atomic mass is 10.1. The molecule has 1 fully saturated rings. The predicted octanol–water partition coefficient (Wildman–Crippen LogP) is 3.83. The second-order valence-corrected chi connectivity index (χ2v) is 7.39. The zero-order valence-electron chi connectivity index (χ0n) is 15.8. The van der Waals surface area contributed by atoms with E-state index in [4.69, 9.17) is 11.6 Å². The van der Waals surface area contributed by atoms with Gasteiger partial charge in [0, 0.05) is 36.8 Å². The molecule has 0 radical (unpaired) electrons. The molecule has 2 heterocycles. The number of hydrogen-bond donors (Lipinski definition) is 0. The highest BCUT2D eigenvalue weighted by molar-refractivity contribution is 6.30. The Bertz CT molecular complexity index is 986. The van der Waals surface area contributed by atoms with E-state index in [0.717, 1.165) is 16.9 Å². The number of anilines is 1. The van der Waals surface area contributed by atoms with Crippen LogP contribution in [-0.2, 0) is 11.2 Å². The highest BCUT2D eigenvalue weighted by atomic mass is 35.5. The average molecular weight is 411 g/mol. The maximum atomic E-state index is 13.1. The van der Waals surface area contributed by atoms with Crippen LogP contribution in [-0.4, -0.2) is 47.2 Å². The molecule has 2 aromatic carbocycles. The van der Waals surface area contributed by atoms with Crippen LogP contribution >= 0.6 is 11.6 Å². The molecule has 0 spiro atoms. The van der Waals surface area contributed by atoms with Crippen molar-refractivity contribution >= 4 is 23.3 Å². The van der Waals surface area contributed by atoms with Crippen LogP contribution in [0.5, 0.6) is 0 Å². The number of benzene rings is 2. The van der Waals surface area contributed by atoms with Crippen molar-refractivity contribution in [3.05, 3.63) is 77.1 Å². The molecule has 3 aromatic rings. The standard InChI is InChI=1S/C22H20ClFN4O/c23-18-3-1-2-16(14-18)15-22(29)28-12-10-27(11-13-28)21-9-8-20(25-26-21)17-4-6-19(24)7-5-17/h1-9,14H,10-13,15H2. The van der Waals surface area contributed by atoms with Crippen LogP contribution in [0.4, 0.5) is 10.2 Å². The van der Waals surface area contributed by atoms with Gasteiger partial charge in [-0.3, -0.25) is 4.79 Å². The molecule has 1 aliphatic rings. The van der Waals surface area contributed by atoms with Crippen LogP contribution in [0.15, 0.2) is 60.7 Å². The van der Waals surface area contributed by atoms with Gasteiger partial charge in [0.1, 0.15) is 5.82 Å². The van der Waals surface area contributed by atoms with E-state index in [9.17, 15) is 9.18 Å². The molecule has 7 heteroatoms. The van der Waals surface area contributed by atoms with Crippen molar-refractivity contribution in [2.24, 2.45) is 0 Å². The number of carbonyl (C=O) groups is 1. The molecule has 29 heavy (non-hydrogen) atoms. The summed E-state index contributed by atoms with van der Waals surface area (Å²) in [5.74, 6) is 0.601. The monoisotopic (exact) mass is 410 g/mol. The quantitative estimate of drug-likeness (QED) is 0.656. The van der Waals surface area contributed by atoms with Crippen molar-refractivity contribution in [1.82, 2.24) is 15.1 Å². The number of nitrogens with zero attached hydrogens (tertiary/aromatic N) is 4. The van der Waals surface area contributed by atoms with Gasteiger partial charge in [-0.05, 0) is 54.1 Å². The van der Waals surface area contributed by atoms with Crippen molar-refractivity contribution in [3.8, 4) is 11.3 Å². The smallest absolute Gasteiger partial charge is 0.227 e. The zero-order chi connectivity index (χ0) is 20.2. The van der Waals surface area contributed by atoms with Gasteiger partial charge in [0.05, 0.1) is 12.1 Å². The second-order valence-electron chi connectivity index (χ2n) is 6.96. The Morgan fingerprint density at radius 3 is 2.38 bits per heavy atom. The number of piperazine rings is 1. The van der Waals surface area contributed by atoms with E-state index in [1.807, 2.05) is 35.2 Å². The Labute approximate surface area is 173 Å². The third-order valence-electron chi connectivity index (χ3n) is 4.99. The van der Waals surface area contributed by atoms with E-state index in [0.29, 0.717) is 43.3 Å². The summed E-state index contributed by atoms with van der Waals surface area (Å²) in [6, 6.07) is 17.4. The summed E-state index contributed by atoms with van der Waals surface area (Å²) in [4.78, 5) is 16.5. The molecule has 0 unspecified atom stereocenters. The molecular weight excluding hydrogens is 391 g/mol. The van der Waals surface area contributed by atoms with Gasteiger partial charge in [-0.2, -0.15) is 0 Å². The molecule has 1 aromatic heterocycles. The van der Waals surface area contributed by atoms with E-state index in [2.05, 4.69) is 15.1 Å². The fourth-order valence-corrected chi connectivity index (χ4v) is 3.60. The molecule has 148 valence electrons. The molecule has 5 nitrogen and oxygen atoms in total. The molecule has 0 N–H and O–H groups in total. The summed E-state index contributed by atoms with van der Waals surface area (Å²) in [6.45, 7) is 2.68. The molecule has 1 aliphatic heterocycles. The summed E-state index contributed by atoms with van der Waals surface area (Å²) >= 11 is 6.00. The minimum absolute atomic E-state index is 0.102. The summed E-state index contributed by atoms with van der Waals surface area (Å²) in [5.41, 5.74) is 2.44. The van der Waals surface area contributed by atoms with Crippen LogP contribution in [0.1, 0.15) is 5.56 Å². The molecule has 0 atom stereocenters. The van der Waals surface area contributed by atoms with Crippen molar-refractivity contribution in [2.45, 2.75) is 6.42 Å². The first kappa shape index (κ1) is 19.3. The fourth-order valence-electron chi connectivity index (χ4n) is 3.39. The number of rotatable bonds is 4. The van der Waals surface area contributed by atoms with Gasteiger partial charge in [-0.1, -0.05) is 23.7 Å². The Kier molecular flexibility index (Phi) is 5.71. The summed E-state index contributed by atoms with van der Waals surface area (Å²) in [6.07, 6.45) is 0.354. The summed E-state index contributed by atoms with van der Waals surface area (Å²) in [5, 5.41) is 9.22. The number of halogens is 2. The van der Waals surface area contributed by atoms with Crippen LogP contribution in [0.25, 0.3) is 11.3 Å². The third-order valence-corrected chi connectivity index (χ3v) is 5.23. The number of carbonyl (C=O) groups excluding carboxylic acids is 1. The largest absolute Gasteiger partial charge is 0.352 e. The maximum Gasteiger partial charge on any atom is 0.227 e. The first-order valence-electron chi connectivity index (χ1n) is 9.45. The molecule has 0 bridgehead atoms. The van der Waals surface area contributed by atoms with Gasteiger partial charge in [-0.25, -0.2) is 4.39 Å². The first-order chi connectivity index (χ1) is 14.1. The lowest BCUT2D eigenvalue weighted by Crippen LogP contribution is -2.49. The first-order valence-corrected chi connectivity index (χ1v) is 9.83. The lowest BCUT2D eigenvalue weighted by Gasteiger charge is -2.35. The minimum Gasteiger partial charge on any atom is -0.352 e. The normalized spacial score (nSPS) is 14.1. The van der Waals surface area contributed by atoms with Gasteiger partial charge in [0.25, 0.3) is 0 Å². The van der Waals surface area contributed by atoms with Gasteiger partial charge in [0.15, 0.2) is 5.82 Å². The van der Waals surface area contributed by atoms with Gasteiger partial charge in [0.2, 0.25) is 5.91 Å². The summed E-state index contributed by atoms with van der Waals surface area (Å²) < 4.78 is 13.1. The highest BCUT2D eigenvalue weighted by Crippen LogP contribution is 2.20. The maximum absolute atomic E-state index is 13.1. The van der Waals surface area contributed by atoms with Gasteiger partial charge in [-0.15, -0.1) is 10.2 Å².